The van der Waals surface area contributed by atoms with Crippen molar-refractivity contribution < 1.29 is 17.6 Å². The van der Waals surface area contributed by atoms with Crippen molar-refractivity contribution in [3.8, 4) is 0 Å². The SMILES string of the molecule is Cc1ccc(S(=O)(=O)Nc2ccc3c(C)c(C(=O)c4ccc(Cl)cc4)oc3c2)cc1. The van der Waals surface area contributed by atoms with Crippen LogP contribution in [0.15, 0.2) is 76.0 Å². The van der Waals surface area contributed by atoms with Gasteiger partial charge in [-0.25, -0.2) is 8.42 Å². The number of carbonyl (C=O) groups is 1. The Morgan fingerprint density at radius 1 is 0.933 bits per heavy atom. The smallest absolute Gasteiger partial charge is 0.261 e. The molecule has 30 heavy (non-hydrogen) atoms. The largest absolute Gasteiger partial charge is 0.452 e. The van der Waals surface area contributed by atoms with E-state index in [2.05, 4.69) is 4.72 Å². The number of hydrogen-bond acceptors (Lipinski definition) is 4. The predicted molar refractivity (Wildman–Crippen MR) is 118 cm³/mol. The number of benzene rings is 3. The van der Waals surface area contributed by atoms with Crippen molar-refractivity contribution in [3.63, 3.8) is 0 Å². The molecule has 7 heteroatoms. The number of fused-ring (bicyclic) bond motifs is 1. The van der Waals surface area contributed by atoms with Gasteiger partial charge in [-0.15, -0.1) is 0 Å². The van der Waals surface area contributed by atoms with E-state index in [1.54, 1.807) is 73.7 Å². The van der Waals surface area contributed by atoms with E-state index in [4.69, 9.17) is 16.0 Å². The highest BCUT2D eigenvalue weighted by molar-refractivity contribution is 7.92. The Morgan fingerprint density at radius 3 is 2.27 bits per heavy atom. The fourth-order valence-electron chi connectivity index (χ4n) is 3.17. The molecular formula is C23H18ClNO4S. The number of rotatable bonds is 5. The van der Waals surface area contributed by atoms with Gasteiger partial charge in [-0.2, -0.15) is 0 Å². The minimum Gasteiger partial charge on any atom is -0.452 e. The molecule has 5 nitrogen and oxygen atoms in total. The maximum Gasteiger partial charge on any atom is 0.261 e. The number of hydrogen-bond donors (Lipinski definition) is 1. The molecule has 0 saturated heterocycles. The monoisotopic (exact) mass is 439 g/mol. The van der Waals surface area contributed by atoms with Gasteiger partial charge in [0.2, 0.25) is 5.78 Å². The molecule has 0 fully saturated rings. The molecule has 0 radical (unpaired) electrons. The van der Waals surface area contributed by atoms with Crippen LogP contribution in [0.25, 0.3) is 11.0 Å². The van der Waals surface area contributed by atoms with E-state index in [1.807, 2.05) is 6.92 Å². The topological polar surface area (TPSA) is 76.4 Å². The molecular weight excluding hydrogens is 422 g/mol. The Hall–Kier alpha value is -3.09. The molecule has 0 amide bonds. The second-order valence-corrected chi connectivity index (χ2v) is 9.14. The zero-order valence-corrected chi connectivity index (χ0v) is 17.8. The molecule has 1 heterocycles. The van der Waals surface area contributed by atoms with E-state index >= 15 is 0 Å². The fourth-order valence-corrected chi connectivity index (χ4v) is 4.34. The molecule has 3 aromatic carbocycles. The van der Waals surface area contributed by atoms with Crippen molar-refractivity contribution in [2.75, 3.05) is 4.72 Å². The predicted octanol–water partition coefficient (Wildman–Crippen LogP) is 5.73. The third-order valence-corrected chi connectivity index (χ3v) is 6.48. The second-order valence-electron chi connectivity index (χ2n) is 7.02. The van der Waals surface area contributed by atoms with Crippen molar-refractivity contribution in [3.05, 3.63) is 94.2 Å². The first kappa shape index (κ1) is 20.2. The zero-order chi connectivity index (χ0) is 21.5. The molecule has 152 valence electrons. The Kier molecular flexibility index (Phi) is 5.13. The Morgan fingerprint density at radius 2 is 1.60 bits per heavy atom. The lowest BCUT2D eigenvalue weighted by atomic mass is 10.0. The molecule has 1 N–H and O–H groups in total. The summed E-state index contributed by atoms with van der Waals surface area (Å²) in [7, 11) is -3.74. The van der Waals surface area contributed by atoms with Crippen molar-refractivity contribution in [1.29, 1.82) is 0 Å². The van der Waals surface area contributed by atoms with E-state index in [0.717, 1.165) is 10.9 Å². The average Bonchev–Trinajstić information content (AvgIpc) is 3.04. The summed E-state index contributed by atoms with van der Waals surface area (Å²) in [4.78, 5) is 13.0. The third-order valence-electron chi connectivity index (χ3n) is 4.83. The number of sulfonamides is 1. The van der Waals surface area contributed by atoms with Crippen LogP contribution in [0.4, 0.5) is 5.69 Å². The summed E-state index contributed by atoms with van der Waals surface area (Å²) in [5.41, 5.74) is 2.90. The minimum atomic E-state index is -3.74. The number of anilines is 1. The summed E-state index contributed by atoms with van der Waals surface area (Å²) in [6.45, 7) is 3.69. The highest BCUT2D eigenvalue weighted by atomic mass is 35.5. The normalized spacial score (nSPS) is 11.6. The van der Waals surface area contributed by atoms with Gasteiger partial charge >= 0.3 is 0 Å². The summed E-state index contributed by atoms with van der Waals surface area (Å²) < 4.78 is 33.6. The van der Waals surface area contributed by atoms with Gasteiger partial charge in [0.1, 0.15) is 5.58 Å². The van der Waals surface area contributed by atoms with Gasteiger partial charge in [-0.1, -0.05) is 29.3 Å². The van der Waals surface area contributed by atoms with Crippen LogP contribution in [0, 0.1) is 13.8 Å². The standard InChI is InChI=1S/C23H18ClNO4S/c1-14-3-10-19(11-4-14)30(27,28)25-18-9-12-20-15(2)23(29-21(20)13-18)22(26)16-5-7-17(24)8-6-16/h3-13,25H,1-2H3. The number of carbonyl (C=O) groups excluding carboxylic acids is 1. The van der Waals surface area contributed by atoms with Gasteiger partial charge in [-0.05, 0) is 62.4 Å². The summed E-state index contributed by atoms with van der Waals surface area (Å²) in [5, 5.41) is 1.28. The third kappa shape index (κ3) is 3.84. The van der Waals surface area contributed by atoms with Crippen molar-refractivity contribution in [2.24, 2.45) is 0 Å². The van der Waals surface area contributed by atoms with E-state index < -0.39 is 10.0 Å². The van der Waals surface area contributed by atoms with Gasteiger partial charge in [0.15, 0.2) is 5.76 Å². The van der Waals surface area contributed by atoms with Gasteiger partial charge < -0.3 is 4.42 Å². The molecule has 0 bridgehead atoms. The lowest BCUT2D eigenvalue weighted by molar-refractivity contribution is 0.101. The van der Waals surface area contributed by atoms with E-state index in [-0.39, 0.29) is 16.4 Å². The Bertz CT molecular complexity index is 1360. The fraction of sp³-hybridized carbons (Fsp3) is 0.0870. The van der Waals surface area contributed by atoms with E-state index in [0.29, 0.717) is 27.4 Å². The number of halogens is 1. The van der Waals surface area contributed by atoms with Gasteiger partial charge in [0.25, 0.3) is 10.0 Å². The van der Waals surface area contributed by atoms with Crippen molar-refractivity contribution in [1.82, 2.24) is 0 Å². The van der Waals surface area contributed by atoms with Crippen LogP contribution in [-0.4, -0.2) is 14.2 Å². The Balaban J connectivity index is 1.67. The first-order valence-corrected chi connectivity index (χ1v) is 11.0. The van der Waals surface area contributed by atoms with Gasteiger partial charge in [0, 0.05) is 27.6 Å². The number of aryl methyl sites for hydroxylation is 2. The lowest BCUT2D eigenvalue weighted by Gasteiger charge is -2.08. The minimum absolute atomic E-state index is 0.169. The number of ketones is 1. The lowest BCUT2D eigenvalue weighted by Crippen LogP contribution is -2.12. The van der Waals surface area contributed by atoms with Crippen molar-refractivity contribution in [2.45, 2.75) is 18.7 Å². The van der Waals surface area contributed by atoms with E-state index in [1.165, 1.54) is 0 Å². The van der Waals surface area contributed by atoms with Crippen LogP contribution >= 0.6 is 11.6 Å². The molecule has 0 aliphatic rings. The molecule has 0 atom stereocenters. The maximum atomic E-state index is 12.8. The first-order valence-electron chi connectivity index (χ1n) is 9.17. The summed E-state index contributed by atoms with van der Waals surface area (Å²) in [5.74, 6) is -0.0481. The van der Waals surface area contributed by atoms with Gasteiger partial charge in [0.05, 0.1) is 10.6 Å². The highest BCUT2D eigenvalue weighted by Crippen LogP contribution is 2.30. The Labute approximate surface area is 179 Å². The second kappa shape index (κ2) is 7.63. The summed E-state index contributed by atoms with van der Waals surface area (Å²) in [6, 6.07) is 18.1. The van der Waals surface area contributed by atoms with Crippen LogP contribution < -0.4 is 4.72 Å². The molecule has 0 unspecified atom stereocenters. The van der Waals surface area contributed by atoms with Crippen LogP contribution in [-0.2, 0) is 10.0 Å². The average molecular weight is 440 g/mol. The van der Waals surface area contributed by atoms with E-state index in [9.17, 15) is 13.2 Å². The molecule has 1 aromatic heterocycles. The van der Waals surface area contributed by atoms with Crippen molar-refractivity contribution >= 4 is 44.1 Å². The summed E-state index contributed by atoms with van der Waals surface area (Å²) >= 11 is 5.89. The molecule has 4 aromatic rings. The number of nitrogens with one attached hydrogen (secondary N) is 1. The highest BCUT2D eigenvalue weighted by Gasteiger charge is 2.20. The van der Waals surface area contributed by atoms with Crippen LogP contribution in [0.1, 0.15) is 27.2 Å². The maximum absolute atomic E-state index is 12.8. The zero-order valence-electron chi connectivity index (χ0n) is 16.3. The van der Waals surface area contributed by atoms with Gasteiger partial charge in [-0.3, -0.25) is 9.52 Å². The quantitative estimate of drug-likeness (QED) is 0.402. The molecule has 0 spiro atoms. The van der Waals surface area contributed by atoms with Crippen LogP contribution in [0.5, 0.6) is 0 Å². The number of furan rings is 1. The summed E-state index contributed by atoms with van der Waals surface area (Å²) in [6.07, 6.45) is 0. The molecule has 0 aliphatic heterocycles. The van der Waals surface area contributed by atoms with Crippen LogP contribution in [0.2, 0.25) is 5.02 Å². The van der Waals surface area contributed by atoms with Crippen LogP contribution in [0.3, 0.4) is 0 Å². The molecule has 0 aliphatic carbocycles. The first-order chi connectivity index (χ1) is 14.2. The molecule has 4 rings (SSSR count). The molecule has 0 saturated carbocycles.